The number of aliphatic carboxylic acids is 1. The standard InChI is InChI=1S/C19H16F3NO4S/c20-19(21,22)15-8-6-13(7-9-15)10-11-28(26,27)23-18(17(24)25)12-16(18)14-4-2-1-3-5-14/h1-11,16,23H,12H2,(H,24,25)/t16-,18+/m1/s1. The van der Waals surface area contributed by atoms with Gasteiger partial charge in [0.05, 0.1) is 5.56 Å². The van der Waals surface area contributed by atoms with E-state index in [-0.39, 0.29) is 12.0 Å². The van der Waals surface area contributed by atoms with Crippen LogP contribution in [0.1, 0.15) is 29.0 Å². The van der Waals surface area contributed by atoms with Crippen LogP contribution in [0, 0.1) is 0 Å². The normalized spacial score (nSPS) is 22.3. The van der Waals surface area contributed by atoms with Gasteiger partial charge in [-0.05, 0) is 35.8 Å². The highest BCUT2D eigenvalue weighted by Crippen LogP contribution is 2.52. The van der Waals surface area contributed by atoms with Crippen molar-refractivity contribution in [2.45, 2.75) is 24.1 Å². The van der Waals surface area contributed by atoms with Gasteiger partial charge in [0.25, 0.3) is 0 Å². The number of carboxylic acid groups (broad SMARTS) is 1. The molecule has 0 saturated heterocycles. The first-order valence-corrected chi connectivity index (χ1v) is 9.76. The largest absolute Gasteiger partial charge is 0.480 e. The van der Waals surface area contributed by atoms with Crippen molar-refractivity contribution in [2.24, 2.45) is 0 Å². The van der Waals surface area contributed by atoms with E-state index in [4.69, 9.17) is 0 Å². The molecule has 2 aromatic rings. The van der Waals surface area contributed by atoms with Crippen LogP contribution in [0.4, 0.5) is 13.2 Å². The molecule has 0 unspecified atom stereocenters. The van der Waals surface area contributed by atoms with Gasteiger partial charge in [0, 0.05) is 11.3 Å². The van der Waals surface area contributed by atoms with Gasteiger partial charge in [0.2, 0.25) is 10.0 Å². The van der Waals surface area contributed by atoms with Crippen LogP contribution < -0.4 is 4.72 Å². The van der Waals surface area contributed by atoms with Crippen LogP contribution in [0.5, 0.6) is 0 Å². The van der Waals surface area contributed by atoms with Crippen LogP contribution in [0.15, 0.2) is 60.0 Å². The van der Waals surface area contributed by atoms with Crippen molar-refractivity contribution in [3.63, 3.8) is 0 Å². The van der Waals surface area contributed by atoms with Gasteiger partial charge in [-0.15, -0.1) is 0 Å². The van der Waals surface area contributed by atoms with Crippen LogP contribution in [-0.4, -0.2) is 25.0 Å². The zero-order valence-corrected chi connectivity index (χ0v) is 15.2. The molecular formula is C19H16F3NO4S. The first-order chi connectivity index (χ1) is 13.0. The van der Waals surface area contributed by atoms with E-state index in [0.29, 0.717) is 5.56 Å². The molecule has 5 nitrogen and oxygen atoms in total. The highest BCUT2D eigenvalue weighted by molar-refractivity contribution is 7.92. The molecule has 0 aliphatic heterocycles. The molecule has 0 heterocycles. The molecule has 0 spiro atoms. The average molecular weight is 411 g/mol. The lowest BCUT2D eigenvalue weighted by Crippen LogP contribution is -2.43. The van der Waals surface area contributed by atoms with E-state index in [9.17, 15) is 31.5 Å². The number of carbonyl (C=O) groups is 1. The topological polar surface area (TPSA) is 83.5 Å². The van der Waals surface area contributed by atoms with Gasteiger partial charge in [-0.3, -0.25) is 4.79 Å². The number of alkyl halides is 3. The minimum atomic E-state index is -4.48. The summed E-state index contributed by atoms with van der Waals surface area (Å²) in [5.41, 5.74) is -1.54. The maximum atomic E-state index is 12.6. The van der Waals surface area contributed by atoms with Crippen molar-refractivity contribution in [3.8, 4) is 0 Å². The van der Waals surface area contributed by atoms with Gasteiger partial charge in [-0.2, -0.15) is 17.9 Å². The Balaban J connectivity index is 1.76. The van der Waals surface area contributed by atoms with Crippen LogP contribution >= 0.6 is 0 Å². The number of carboxylic acids is 1. The molecule has 0 radical (unpaired) electrons. The minimum Gasteiger partial charge on any atom is -0.480 e. The van der Waals surface area contributed by atoms with Gasteiger partial charge in [0.1, 0.15) is 5.54 Å². The van der Waals surface area contributed by atoms with Crippen LogP contribution in [-0.2, 0) is 21.0 Å². The Labute approximate surface area is 159 Å². The van der Waals surface area contributed by atoms with Crippen molar-refractivity contribution >= 4 is 22.1 Å². The number of hydrogen-bond donors (Lipinski definition) is 2. The summed E-state index contributed by atoms with van der Waals surface area (Å²) in [7, 11) is -4.13. The first kappa shape index (κ1) is 20.1. The van der Waals surface area contributed by atoms with Crippen molar-refractivity contribution in [1.82, 2.24) is 4.72 Å². The molecule has 1 aliphatic carbocycles. The molecule has 1 saturated carbocycles. The minimum absolute atomic E-state index is 0.111. The Morgan fingerprint density at radius 1 is 1.11 bits per heavy atom. The summed E-state index contributed by atoms with van der Waals surface area (Å²) in [6.07, 6.45) is -3.26. The second kappa shape index (κ2) is 7.06. The third-order valence-corrected chi connectivity index (χ3v) is 5.69. The number of halogens is 3. The fourth-order valence-electron chi connectivity index (χ4n) is 2.98. The molecule has 0 aromatic heterocycles. The summed E-state index contributed by atoms with van der Waals surface area (Å²) in [5.74, 6) is -1.78. The Hall–Kier alpha value is -2.65. The number of hydrogen-bond acceptors (Lipinski definition) is 3. The summed E-state index contributed by atoms with van der Waals surface area (Å²) in [6, 6.07) is 12.6. The van der Waals surface area contributed by atoms with Gasteiger partial charge in [-0.25, -0.2) is 8.42 Å². The fraction of sp³-hybridized carbons (Fsp3) is 0.211. The first-order valence-electron chi connectivity index (χ1n) is 8.21. The van der Waals surface area contributed by atoms with Gasteiger partial charge in [-0.1, -0.05) is 42.5 Å². The zero-order valence-electron chi connectivity index (χ0n) is 14.3. The summed E-state index contributed by atoms with van der Waals surface area (Å²) >= 11 is 0. The third-order valence-electron chi connectivity index (χ3n) is 4.55. The summed E-state index contributed by atoms with van der Waals surface area (Å²) in [4.78, 5) is 11.7. The summed E-state index contributed by atoms with van der Waals surface area (Å²) in [6.45, 7) is 0. The predicted molar refractivity (Wildman–Crippen MR) is 96.7 cm³/mol. The Bertz CT molecular complexity index is 1000. The predicted octanol–water partition coefficient (Wildman–Crippen LogP) is 3.61. The molecule has 148 valence electrons. The maximum absolute atomic E-state index is 12.6. The zero-order chi connectivity index (χ0) is 20.6. The number of benzene rings is 2. The molecule has 0 amide bonds. The highest BCUT2D eigenvalue weighted by atomic mass is 32.2. The molecule has 2 aromatic carbocycles. The lowest BCUT2D eigenvalue weighted by Gasteiger charge is -2.13. The van der Waals surface area contributed by atoms with E-state index in [1.165, 1.54) is 0 Å². The highest BCUT2D eigenvalue weighted by Gasteiger charge is 2.63. The van der Waals surface area contributed by atoms with E-state index in [0.717, 1.165) is 35.7 Å². The smallest absolute Gasteiger partial charge is 0.416 e. The van der Waals surface area contributed by atoms with E-state index in [1.54, 1.807) is 30.3 Å². The number of sulfonamides is 1. The number of rotatable bonds is 6. The molecule has 28 heavy (non-hydrogen) atoms. The Kier molecular flexibility index (Phi) is 5.07. The van der Waals surface area contributed by atoms with Crippen molar-refractivity contribution in [1.29, 1.82) is 0 Å². The van der Waals surface area contributed by atoms with Crippen LogP contribution in [0.2, 0.25) is 0 Å². The quantitative estimate of drug-likeness (QED) is 0.761. The van der Waals surface area contributed by atoms with Gasteiger partial charge in [0.15, 0.2) is 0 Å². The van der Waals surface area contributed by atoms with Gasteiger partial charge >= 0.3 is 12.1 Å². The molecule has 0 bridgehead atoms. The molecule has 9 heteroatoms. The Morgan fingerprint density at radius 2 is 1.71 bits per heavy atom. The maximum Gasteiger partial charge on any atom is 0.416 e. The molecule has 2 atom stereocenters. The van der Waals surface area contributed by atoms with E-state index < -0.39 is 39.2 Å². The lowest BCUT2D eigenvalue weighted by atomic mass is 10.1. The lowest BCUT2D eigenvalue weighted by molar-refractivity contribution is -0.140. The molecule has 2 N–H and O–H groups in total. The SMILES string of the molecule is O=C(O)[C@]1(NS(=O)(=O)C=Cc2ccc(C(F)(F)F)cc2)C[C@@H]1c1ccccc1. The van der Waals surface area contributed by atoms with E-state index in [2.05, 4.69) is 4.72 Å². The van der Waals surface area contributed by atoms with Gasteiger partial charge < -0.3 is 5.11 Å². The molecular weight excluding hydrogens is 395 g/mol. The Morgan fingerprint density at radius 3 is 2.25 bits per heavy atom. The summed E-state index contributed by atoms with van der Waals surface area (Å²) < 4.78 is 64.5. The third kappa shape index (κ3) is 4.26. The molecule has 3 rings (SSSR count). The monoisotopic (exact) mass is 411 g/mol. The van der Waals surface area contributed by atoms with Crippen molar-refractivity contribution in [2.75, 3.05) is 0 Å². The average Bonchev–Trinajstić information content (AvgIpc) is 3.35. The molecule has 1 fully saturated rings. The summed E-state index contributed by atoms with van der Waals surface area (Å²) in [5, 5.41) is 10.3. The van der Waals surface area contributed by atoms with E-state index >= 15 is 0 Å². The van der Waals surface area contributed by atoms with E-state index in [1.807, 2.05) is 0 Å². The van der Waals surface area contributed by atoms with Crippen molar-refractivity contribution in [3.05, 3.63) is 76.7 Å². The second-order valence-corrected chi connectivity index (χ2v) is 8.08. The van der Waals surface area contributed by atoms with Crippen LogP contribution in [0.3, 0.4) is 0 Å². The number of nitrogens with one attached hydrogen (secondary N) is 1. The molecule has 1 aliphatic rings. The van der Waals surface area contributed by atoms with Crippen molar-refractivity contribution < 1.29 is 31.5 Å². The fourth-order valence-corrected chi connectivity index (χ4v) is 4.21. The van der Waals surface area contributed by atoms with Crippen LogP contribution in [0.25, 0.3) is 6.08 Å². The second-order valence-electron chi connectivity index (χ2n) is 6.51.